The molecule has 0 radical (unpaired) electrons. The van der Waals surface area contributed by atoms with Crippen LogP contribution in [0, 0.1) is 6.92 Å². The highest BCUT2D eigenvalue weighted by atomic mass is 32.1. The molecule has 1 N–H and O–H groups in total. The van der Waals surface area contributed by atoms with Crippen LogP contribution < -0.4 is 5.32 Å². The van der Waals surface area contributed by atoms with E-state index in [9.17, 15) is 0 Å². The van der Waals surface area contributed by atoms with E-state index in [-0.39, 0.29) is 0 Å². The maximum absolute atomic E-state index is 4.30. The smallest absolute Gasteiger partial charge is 0.0798 e. The first kappa shape index (κ1) is 12.0. The van der Waals surface area contributed by atoms with Crippen LogP contribution >= 0.6 is 11.3 Å². The Morgan fingerprint density at radius 2 is 2.50 bits per heavy atom. The molecule has 4 heteroatoms. The molecule has 1 fully saturated rings. The largest absolute Gasteiger partial charge is 0.308 e. The lowest BCUT2D eigenvalue weighted by Gasteiger charge is -2.22. The van der Waals surface area contributed by atoms with Crippen LogP contribution in [0.3, 0.4) is 0 Å². The maximum atomic E-state index is 4.30. The van der Waals surface area contributed by atoms with E-state index in [1.165, 1.54) is 30.0 Å². The number of hydrogen-bond donors (Lipinski definition) is 1. The minimum Gasteiger partial charge on any atom is -0.308 e. The zero-order valence-electron chi connectivity index (χ0n) is 10.4. The van der Waals surface area contributed by atoms with E-state index < -0.39 is 0 Å². The van der Waals surface area contributed by atoms with Crippen molar-refractivity contribution in [2.45, 2.75) is 38.8 Å². The summed E-state index contributed by atoms with van der Waals surface area (Å²) in [5.74, 6) is 0. The van der Waals surface area contributed by atoms with Crippen LogP contribution in [-0.4, -0.2) is 36.1 Å². The molecule has 3 nitrogen and oxygen atoms in total. The summed E-state index contributed by atoms with van der Waals surface area (Å²) in [7, 11) is 2.22. The van der Waals surface area contributed by atoms with Gasteiger partial charge in [0.25, 0.3) is 0 Å². The van der Waals surface area contributed by atoms with E-state index in [0.717, 1.165) is 12.6 Å². The van der Waals surface area contributed by atoms with E-state index in [2.05, 4.69) is 36.1 Å². The van der Waals surface area contributed by atoms with Crippen LogP contribution in [0.15, 0.2) is 5.51 Å². The topological polar surface area (TPSA) is 28.2 Å². The molecule has 0 aliphatic carbocycles. The molecule has 16 heavy (non-hydrogen) atoms. The Balaban J connectivity index is 1.84. The van der Waals surface area contributed by atoms with Gasteiger partial charge in [0.2, 0.25) is 0 Å². The molecule has 90 valence electrons. The highest BCUT2D eigenvalue weighted by Crippen LogP contribution is 2.22. The number of thiazole rings is 1. The number of rotatable bonds is 4. The van der Waals surface area contributed by atoms with Gasteiger partial charge in [0.15, 0.2) is 0 Å². The predicted octanol–water partition coefficient (Wildman–Crippen LogP) is 2.20. The normalized spacial score (nSPS) is 23.8. The first-order valence-corrected chi connectivity index (χ1v) is 6.90. The summed E-state index contributed by atoms with van der Waals surface area (Å²) in [6, 6.07) is 1.15. The van der Waals surface area contributed by atoms with E-state index in [0.29, 0.717) is 6.04 Å². The van der Waals surface area contributed by atoms with Gasteiger partial charge in [-0.2, -0.15) is 0 Å². The molecule has 2 rings (SSSR count). The zero-order chi connectivity index (χ0) is 11.5. The van der Waals surface area contributed by atoms with E-state index >= 15 is 0 Å². The van der Waals surface area contributed by atoms with Crippen molar-refractivity contribution in [2.24, 2.45) is 0 Å². The van der Waals surface area contributed by atoms with Gasteiger partial charge < -0.3 is 10.2 Å². The molecule has 0 aromatic carbocycles. The molecule has 2 unspecified atom stereocenters. The Morgan fingerprint density at radius 3 is 3.06 bits per heavy atom. The second-order valence-electron chi connectivity index (χ2n) is 4.71. The fourth-order valence-electron chi connectivity index (χ4n) is 2.37. The van der Waals surface area contributed by atoms with Crippen molar-refractivity contribution in [1.82, 2.24) is 15.2 Å². The van der Waals surface area contributed by atoms with Crippen molar-refractivity contribution in [3.63, 3.8) is 0 Å². The summed E-state index contributed by atoms with van der Waals surface area (Å²) in [4.78, 5) is 8.13. The molecular weight excluding hydrogens is 218 g/mol. The molecular formula is C12H21N3S. The van der Waals surface area contributed by atoms with Gasteiger partial charge in [-0.25, -0.2) is 4.98 Å². The second-order valence-corrected chi connectivity index (χ2v) is 5.59. The third-order valence-corrected chi connectivity index (χ3v) is 4.62. The number of aromatic nitrogens is 1. The highest BCUT2D eigenvalue weighted by Gasteiger charge is 2.21. The predicted molar refractivity (Wildman–Crippen MR) is 68.9 cm³/mol. The molecule has 0 amide bonds. The fraction of sp³-hybridized carbons (Fsp3) is 0.750. The summed E-state index contributed by atoms with van der Waals surface area (Å²) >= 11 is 1.75. The summed E-state index contributed by atoms with van der Waals surface area (Å²) in [5.41, 5.74) is 3.11. The van der Waals surface area contributed by atoms with Crippen molar-refractivity contribution >= 4 is 11.3 Å². The van der Waals surface area contributed by atoms with Gasteiger partial charge in [0.05, 0.1) is 11.2 Å². The van der Waals surface area contributed by atoms with E-state index in [1.807, 2.05) is 5.51 Å². The van der Waals surface area contributed by atoms with Crippen molar-refractivity contribution in [3.8, 4) is 0 Å². The summed E-state index contributed by atoms with van der Waals surface area (Å²) in [6.07, 6.45) is 2.68. The number of nitrogens with one attached hydrogen (secondary N) is 1. The number of nitrogens with zero attached hydrogens (tertiary/aromatic N) is 2. The lowest BCUT2D eigenvalue weighted by molar-refractivity contribution is 0.294. The summed E-state index contributed by atoms with van der Waals surface area (Å²) in [5, 5.41) is 3.63. The van der Waals surface area contributed by atoms with Crippen LogP contribution in [-0.2, 0) is 0 Å². The summed E-state index contributed by atoms with van der Waals surface area (Å²) in [6.45, 7) is 6.66. The molecule has 1 aromatic rings. The highest BCUT2D eigenvalue weighted by molar-refractivity contribution is 7.09. The molecule has 0 bridgehead atoms. The van der Waals surface area contributed by atoms with E-state index in [4.69, 9.17) is 0 Å². The lowest BCUT2D eigenvalue weighted by Crippen LogP contribution is -2.36. The number of aryl methyl sites for hydroxylation is 1. The third kappa shape index (κ3) is 2.62. The fourth-order valence-corrected chi connectivity index (χ4v) is 3.20. The molecule has 2 atom stereocenters. The van der Waals surface area contributed by atoms with Crippen LogP contribution in [0.25, 0.3) is 0 Å². The average molecular weight is 239 g/mol. The maximum Gasteiger partial charge on any atom is 0.0798 e. The second kappa shape index (κ2) is 5.25. The molecule has 0 spiro atoms. The molecule has 1 aliphatic heterocycles. The molecule has 2 heterocycles. The number of hydrogen-bond acceptors (Lipinski definition) is 4. The number of likely N-dealkylation sites (tertiary alicyclic amines) is 1. The Labute approximate surface area is 102 Å². The molecule has 0 saturated carbocycles. The lowest BCUT2D eigenvalue weighted by atomic mass is 10.2. The van der Waals surface area contributed by atoms with Gasteiger partial charge in [-0.05, 0) is 40.3 Å². The number of likely N-dealkylation sites (N-methyl/N-ethyl adjacent to an activating group) is 1. The monoisotopic (exact) mass is 239 g/mol. The third-order valence-electron chi connectivity index (χ3n) is 3.51. The van der Waals surface area contributed by atoms with Crippen LogP contribution in [0.1, 0.15) is 36.4 Å². The quantitative estimate of drug-likeness (QED) is 0.873. The van der Waals surface area contributed by atoms with Crippen molar-refractivity contribution in [2.75, 3.05) is 20.1 Å². The SMILES string of the molecule is Cc1ncsc1C(C)NCC1CCCN1C. The van der Waals surface area contributed by atoms with Crippen LogP contribution in [0.5, 0.6) is 0 Å². The van der Waals surface area contributed by atoms with Gasteiger partial charge in [0, 0.05) is 23.5 Å². The minimum absolute atomic E-state index is 0.432. The van der Waals surface area contributed by atoms with Crippen LogP contribution in [0.4, 0.5) is 0 Å². The molecule has 1 aromatic heterocycles. The van der Waals surface area contributed by atoms with E-state index in [1.54, 1.807) is 11.3 Å². The molecule has 1 aliphatic rings. The van der Waals surface area contributed by atoms with Crippen molar-refractivity contribution in [3.05, 3.63) is 16.1 Å². The van der Waals surface area contributed by atoms with Gasteiger partial charge in [-0.1, -0.05) is 0 Å². The first-order chi connectivity index (χ1) is 7.68. The van der Waals surface area contributed by atoms with Crippen molar-refractivity contribution in [1.29, 1.82) is 0 Å². The Morgan fingerprint density at radius 1 is 1.69 bits per heavy atom. The van der Waals surface area contributed by atoms with Gasteiger partial charge in [-0.15, -0.1) is 11.3 Å². The first-order valence-electron chi connectivity index (χ1n) is 6.02. The standard InChI is InChI=1S/C12H21N3S/c1-9(12-10(2)14-8-16-12)13-7-11-5-4-6-15(11)3/h8-9,11,13H,4-7H2,1-3H3. The Kier molecular flexibility index (Phi) is 3.95. The van der Waals surface area contributed by atoms with Crippen LogP contribution in [0.2, 0.25) is 0 Å². The van der Waals surface area contributed by atoms with Gasteiger partial charge >= 0.3 is 0 Å². The Hall–Kier alpha value is -0.450. The van der Waals surface area contributed by atoms with Crippen molar-refractivity contribution < 1.29 is 0 Å². The minimum atomic E-state index is 0.432. The van der Waals surface area contributed by atoms with Gasteiger partial charge in [0.1, 0.15) is 0 Å². The summed E-state index contributed by atoms with van der Waals surface area (Å²) < 4.78 is 0. The molecule has 1 saturated heterocycles. The Bertz CT molecular complexity index is 337. The average Bonchev–Trinajstić information content (AvgIpc) is 2.84. The van der Waals surface area contributed by atoms with Gasteiger partial charge in [-0.3, -0.25) is 0 Å². The zero-order valence-corrected chi connectivity index (χ0v) is 11.2.